The summed E-state index contributed by atoms with van der Waals surface area (Å²) < 4.78 is 0. The van der Waals surface area contributed by atoms with Crippen LogP contribution in [-0.2, 0) is 0 Å². The molecule has 2 aromatic carbocycles. The Hall–Kier alpha value is -1.22. The number of carbonyl (C=O) groups is 2. The molecule has 0 saturated carbocycles. The van der Waals surface area contributed by atoms with Gasteiger partial charge in [-0.05, 0) is 65.5 Å². The van der Waals surface area contributed by atoms with Gasteiger partial charge in [0.25, 0.3) is 0 Å². The Kier molecular flexibility index (Phi) is 6.56. The SMILES string of the molecule is O=C(O)c1ccccc1SSSSc1ccccc1C(=O)O. The average molecular weight is 370 g/mol. The van der Waals surface area contributed by atoms with Gasteiger partial charge in [0.05, 0.1) is 11.1 Å². The summed E-state index contributed by atoms with van der Waals surface area (Å²) in [6, 6.07) is 13.5. The molecule has 0 unspecified atom stereocenters. The molecule has 0 aliphatic carbocycles. The number of hydrogen-bond acceptors (Lipinski definition) is 6. The summed E-state index contributed by atoms with van der Waals surface area (Å²) in [4.78, 5) is 23.5. The first-order valence-corrected chi connectivity index (χ1v) is 10.7. The highest BCUT2D eigenvalue weighted by atomic mass is 33.7. The van der Waals surface area contributed by atoms with Crippen molar-refractivity contribution in [3.05, 3.63) is 59.7 Å². The van der Waals surface area contributed by atoms with Crippen molar-refractivity contribution in [2.45, 2.75) is 9.79 Å². The summed E-state index contributed by atoms with van der Waals surface area (Å²) in [6.07, 6.45) is 0. The summed E-state index contributed by atoms with van der Waals surface area (Å²) in [7, 11) is 5.47. The molecule has 0 aromatic heterocycles. The predicted octanol–water partition coefficient (Wildman–Crippen LogP) is 5.18. The van der Waals surface area contributed by atoms with E-state index in [4.69, 9.17) is 10.2 Å². The van der Waals surface area contributed by atoms with Gasteiger partial charge in [-0.15, -0.1) is 0 Å². The Bertz CT molecular complexity index is 631. The van der Waals surface area contributed by atoms with Crippen molar-refractivity contribution in [3.8, 4) is 0 Å². The van der Waals surface area contributed by atoms with E-state index in [1.165, 1.54) is 41.2 Å². The van der Waals surface area contributed by atoms with Crippen LogP contribution in [-0.4, -0.2) is 22.2 Å². The van der Waals surface area contributed by atoms with E-state index in [1.54, 1.807) is 48.5 Å². The molecule has 8 heteroatoms. The molecule has 0 heterocycles. The lowest BCUT2D eigenvalue weighted by Gasteiger charge is -2.05. The third kappa shape index (κ3) is 4.64. The van der Waals surface area contributed by atoms with Crippen LogP contribution in [0.25, 0.3) is 0 Å². The van der Waals surface area contributed by atoms with Crippen LogP contribution in [0.1, 0.15) is 20.7 Å². The fourth-order valence-corrected chi connectivity index (χ4v) is 7.29. The zero-order chi connectivity index (χ0) is 15.9. The maximum atomic E-state index is 11.1. The van der Waals surface area contributed by atoms with Crippen LogP contribution >= 0.6 is 41.2 Å². The first kappa shape index (κ1) is 17.1. The highest BCUT2D eigenvalue weighted by molar-refractivity contribution is 9.26. The number of carboxylic acid groups (broad SMARTS) is 2. The highest BCUT2D eigenvalue weighted by Crippen LogP contribution is 2.50. The van der Waals surface area contributed by atoms with Crippen molar-refractivity contribution in [1.82, 2.24) is 0 Å². The summed E-state index contributed by atoms with van der Waals surface area (Å²) in [5.41, 5.74) is 0.521. The number of rotatable bonds is 7. The van der Waals surface area contributed by atoms with Crippen LogP contribution in [0.2, 0.25) is 0 Å². The van der Waals surface area contributed by atoms with Gasteiger partial charge in [-0.1, -0.05) is 24.3 Å². The van der Waals surface area contributed by atoms with E-state index in [1.807, 2.05) is 0 Å². The van der Waals surface area contributed by atoms with Crippen LogP contribution in [0.15, 0.2) is 58.3 Å². The largest absolute Gasteiger partial charge is 0.478 e. The smallest absolute Gasteiger partial charge is 0.336 e. The topological polar surface area (TPSA) is 74.6 Å². The number of benzene rings is 2. The Labute approximate surface area is 142 Å². The molecule has 0 saturated heterocycles. The monoisotopic (exact) mass is 370 g/mol. The van der Waals surface area contributed by atoms with Gasteiger partial charge in [0, 0.05) is 9.79 Å². The fourth-order valence-electron chi connectivity index (χ4n) is 1.53. The minimum Gasteiger partial charge on any atom is -0.478 e. The molecule has 2 N–H and O–H groups in total. The van der Waals surface area contributed by atoms with E-state index in [9.17, 15) is 9.59 Å². The molecule has 0 spiro atoms. The Morgan fingerprint density at radius 1 is 0.682 bits per heavy atom. The second kappa shape index (κ2) is 8.42. The first-order valence-electron chi connectivity index (χ1n) is 5.92. The standard InChI is InChI=1S/C14H10O4S4/c15-13(16)9-5-1-3-7-11(9)19-21-22-20-12-8-4-2-6-10(12)14(17)18/h1-8H,(H,15,16)(H,17,18). The van der Waals surface area contributed by atoms with E-state index in [0.717, 1.165) is 0 Å². The molecule has 0 bridgehead atoms. The molecular formula is C14H10O4S4. The summed E-state index contributed by atoms with van der Waals surface area (Å²) in [5.74, 6) is -1.92. The van der Waals surface area contributed by atoms with Gasteiger partial charge in [0.2, 0.25) is 0 Å². The van der Waals surface area contributed by atoms with Gasteiger partial charge in [0.1, 0.15) is 0 Å². The van der Waals surface area contributed by atoms with Crippen molar-refractivity contribution in [1.29, 1.82) is 0 Å². The molecule has 114 valence electrons. The number of aromatic carboxylic acids is 2. The Balaban J connectivity index is 1.93. The molecule has 22 heavy (non-hydrogen) atoms. The van der Waals surface area contributed by atoms with Crippen LogP contribution in [0.3, 0.4) is 0 Å². The maximum Gasteiger partial charge on any atom is 0.336 e. The second-order valence-electron chi connectivity index (χ2n) is 3.91. The molecule has 0 radical (unpaired) electrons. The van der Waals surface area contributed by atoms with E-state index >= 15 is 0 Å². The van der Waals surface area contributed by atoms with Crippen LogP contribution in [0, 0.1) is 0 Å². The highest BCUT2D eigenvalue weighted by Gasteiger charge is 2.12. The van der Waals surface area contributed by atoms with Crippen LogP contribution in [0.5, 0.6) is 0 Å². The quantitative estimate of drug-likeness (QED) is 0.510. The molecular weight excluding hydrogens is 360 g/mol. The van der Waals surface area contributed by atoms with Crippen molar-refractivity contribution in [2.24, 2.45) is 0 Å². The fraction of sp³-hybridized carbons (Fsp3) is 0. The van der Waals surface area contributed by atoms with Crippen molar-refractivity contribution in [3.63, 3.8) is 0 Å². The summed E-state index contributed by atoms with van der Waals surface area (Å²) >= 11 is 0. The van der Waals surface area contributed by atoms with Gasteiger partial charge < -0.3 is 10.2 Å². The molecule has 2 aromatic rings. The summed E-state index contributed by atoms with van der Waals surface area (Å²) in [6.45, 7) is 0. The number of hydrogen-bond donors (Lipinski definition) is 2. The maximum absolute atomic E-state index is 11.1. The van der Waals surface area contributed by atoms with E-state index in [-0.39, 0.29) is 11.1 Å². The minimum atomic E-state index is -0.961. The molecule has 2 rings (SSSR count). The van der Waals surface area contributed by atoms with Crippen LogP contribution in [0.4, 0.5) is 0 Å². The van der Waals surface area contributed by atoms with Gasteiger partial charge in [0.15, 0.2) is 0 Å². The molecule has 0 fully saturated rings. The molecule has 0 atom stereocenters. The lowest BCUT2D eigenvalue weighted by atomic mass is 10.2. The predicted molar refractivity (Wildman–Crippen MR) is 93.7 cm³/mol. The van der Waals surface area contributed by atoms with E-state index in [2.05, 4.69) is 0 Å². The molecule has 0 amide bonds. The van der Waals surface area contributed by atoms with Crippen LogP contribution < -0.4 is 0 Å². The zero-order valence-electron chi connectivity index (χ0n) is 11.0. The van der Waals surface area contributed by atoms with Crippen molar-refractivity contribution >= 4 is 53.2 Å². The van der Waals surface area contributed by atoms with Gasteiger partial charge in [-0.3, -0.25) is 0 Å². The average Bonchev–Trinajstić information content (AvgIpc) is 2.52. The van der Waals surface area contributed by atoms with Crippen molar-refractivity contribution < 1.29 is 19.8 Å². The van der Waals surface area contributed by atoms with Gasteiger partial charge >= 0.3 is 11.9 Å². The summed E-state index contributed by atoms with van der Waals surface area (Å²) in [5, 5.41) is 18.2. The van der Waals surface area contributed by atoms with E-state index in [0.29, 0.717) is 9.79 Å². The first-order chi connectivity index (χ1) is 10.6. The molecule has 0 aliphatic rings. The van der Waals surface area contributed by atoms with Gasteiger partial charge in [-0.25, -0.2) is 9.59 Å². The third-order valence-corrected chi connectivity index (χ3v) is 8.65. The zero-order valence-corrected chi connectivity index (χ0v) is 14.2. The molecule has 4 nitrogen and oxygen atoms in total. The lowest BCUT2D eigenvalue weighted by molar-refractivity contribution is 0.0682. The normalized spacial score (nSPS) is 10.4. The lowest BCUT2D eigenvalue weighted by Crippen LogP contribution is -1.97. The third-order valence-electron chi connectivity index (χ3n) is 2.51. The van der Waals surface area contributed by atoms with Crippen molar-refractivity contribution in [2.75, 3.05) is 0 Å². The Morgan fingerprint density at radius 2 is 1.05 bits per heavy atom. The van der Waals surface area contributed by atoms with E-state index < -0.39 is 11.9 Å². The van der Waals surface area contributed by atoms with Gasteiger partial charge in [-0.2, -0.15) is 0 Å². The Morgan fingerprint density at radius 3 is 1.41 bits per heavy atom. The minimum absolute atomic E-state index is 0.261. The number of carboxylic acids is 2. The second-order valence-corrected chi connectivity index (χ2v) is 9.66. The molecule has 0 aliphatic heterocycles.